The molecule has 1 aliphatic rings. The number of hydrogen-bond acceptors (Lipinski definition) is 1. The normalized spacial score (nSPS) is 22.2. The fourth-order valence-electron chi connectivity index (χ4n) is 2.05. The van der Waals surface area contributed by atoms with Crippen molar-refractivity contribution in [1.82, 2.24) is 5.32 Å². The molecule has 0 aromatic heterocycles. The molecule has 1 aromatic rings. The van der Waals surface area contributed by atoms with Gasteiger partial charge in [0.25, 0.3) is 5.91 Å². The quantitative estimate of drug-likeness (QED) is 0.842. The first kappa shape index (κ1) is 13.8. The van der Waals surface area contributed by atoms with Crippen molar-refractivity contribution in [2.75, 3.05) is 0 Å². The molecular weight excluding hydrogens is 262 g/mol. The number of halogens is 4. The summed E-state index contributed by atoms with van der Waals surface area (Å²) in [6.07, 6.45) is -3.12. The number of carbonyl (C=O) groups is 1. The van der Waals surface area contributed by atoms with Crippen LogP contribution in [0.1, 0.15) is 35.7 Å². The van der Waals surface area contributed by atoms with E-state index in [1.165, 1.54) is 0 Å². The molecule has 104 valence electrons. The van der Waals surface area contributed by atoms with Gasteiger partial charge in [-0.15, -0.1) is 0 Å². The second kappa shape index (κ2) is 4.83. The first-order valence-corrected chi connectivity index (χ1v) is 6.01. The Bertz CT molecular complexity index is 498. The average molecular weight is 275 g/mol. The Morgan fingerprint density at radius 2 is 2.11 bits per heavy atom. The molecule has 2 unspecified atom stereocenters. The second-order valence-electron chi connectivity index (χ2n) is 4.65. The van der Waals surface area contributed by atoms with E-state index < -0.39 is 29.0 Å². The van der Waals surface area contributed by atoms with Crippen LogP contribution in [-0.4, -0.2) is 11.9 Å². The second-order valence-corrected chi connectivity index (χ2v) is 4.65. The number of alkyl halides is 3. The van der Waals surface area contributed by atoms with Crippen LogP contribution in [0.3, 0.4) is 0 Å². The van der Waals surface area contributed by atoms with E-state index in [1.807, 2.05) is 6.92 Å². The lowest BCUT2D eigenvalue weighted by atomic mass is 10.1. The average Bonchev–Trinajstić information content (AvgIpc) is 3.06. The van der Waals surface area contributed by atoms with E-state index in [-0.39, 0.29) is 6.04 Å². The van der Waals surface area contributed by atoms with Crippen LogP contribution in [0.5, 0.6) is 0 Å². The van der Waals surface area contributed by atoms with E-state index in [9.17, 15) is 22.4 Å². The van der Waals surface area contributed by atoms with Gasteiger partial charge in [-0.1, -0.05) is 19.4 Å². The van der Waals surface area contributed by atoms with Gasteiger partial charge in [0.1, 0.15) is 5.82 Å². The van der Waals surface area contributed by atoms with E-state index >= 15 is 0 Å². The standard InChI is InChI=1S/C13H13F4NO/c1-2-7-6-10(7)18-12(19)8-4-3-5-9(11(8)14)13(15,16)17/h3-5,7,10H,2,6H2,1H3,(H,18,19). The zero-order valence-electron chi connectivity index (χ0n) is 10.2. The number of hydrogen-bond donors (Lipinski definition) is 1. The topological polar surface area (TPSA) is 29.1 Å². The van der Waals surface area contributed by atoms with Gasteiger partial charge in [0, 0.05) is 6.04 Å². The van der Waals surface area contributed by atoms with E-state index in [1.54, 1.807) is 0 Å². The van der Waals surface area contributed by atoms with Crippen molar-refractivity contribution >= 4 is 5.91 Å². The van der Waals surface area contributed by atoms with Crippen LogP contribution in [0.15, 0.2) is 18.2 Å². The minimum Gasteiger partial charge on any atom is -0.349 e. The molecule has 0 aliphatic heterocycles. The van der Waals surface area contributed by atoms with Crippen molar-refractivity contribution in [3.63, 3.8) is 0 Å². The summed E-state index contributed by atoms with van der Waals surface area (Å²) in [5.74, 6) is -1.96. The molecular formula is C13H13F4NO. The maximum Gasteiger partial charge on any atom is 0.419 e. The van der Waals surface area contributed by atoms with Crippen molar-refractivity contribution in [3.8, 4) is 0 Å². The molecule has 0 radical (unpaired) electrons. The summed E-state index contributed by atoms with van der Waals surface area (Å²) in [5, 5.41) is 2.54. The number of amides is 1. The Hall–Kier alpha value is -1.59. The van der Waals surface area contributed by atoms with Crippen LogP contribution in [0.2, 0.25) is 0 Å². The van der Waals surface area contributed by atoms with Gasteiger partial charge in [-0.05, 0) is 24.5 Å². The summed E-state index contributed by atoms with van der Waals surface area (Å²) in [6.45, 7) is 1.96. The molecule has 19 heavy (non-hydrogen) atoms. The summed E-state index contributed by atoms with van der Waals surface area (Å²) in [4.78, 5) is 11.7. The molecule has 6 heteroatoms. The van der Waals surface area contributed by atoms with Crippen LogP contribution in [0.25, 0.3) is 0 Å². The Labute approximate surface area is 107 Å². The molecule has 2 atom stereocenters. The lowest BCUT2D eigenvalue weighted by Crippen LogP contribution is -2.28. The SMILES string of the molecule is CCC1CC1NC(=O)c1cccc(C(F)(F)F)c1F. The smallest absolute Gasteiger partial charge is 0.349 e. The highest BCUT2D eigenvalue weighted by Crippen LogP contribution is 2.35. The highest BCUT2D eigenvalue weighted by atomic mass is 19.4. The number of benzene rings is 1. The van der Waals surface area contributed by atoms with Gasteiger partial charge in [0.05, 0.1) is 11.1 Å². The molecule has 0 spiro atoms. The van der Waals surface area contributed by atoms with Gasteiger partial charge in [0.2, 0.25) is 0 Å². The molecule has 1 aromatic carbocycles. The summed E-state index contributed by atoms with van der Waals surface area (Å²) in [6, 6.07) is 2.67. The third-order valence-corrected chi connectivity index (χ3v) is 3.31. The minimum absolute atomic E-state index is 0.0496. The van der Waals surface area contributed by atoms with Gasteiger partial charge < -0.3 is 5.32 Å². The fraction of sp³-hybridized carbons (Fsp3) is 0.462. The molecule has 2 rings (SSSR count). The maximum atomic E-state index is 13.7. The predicted octanol–water partition coefficient (Wildman–Crippen LogP) is 3.37. The third-order valence-electron chi connectivity index (χ3n) is 3.31. The van der Waals surface area contributed by atoms with Crippen LogP contribution < -0.4 is 5.32 Å². The molecule has 0 saturated heterocycles. The predicted molar refractivity (Wildman–Crippen MR) is 61.1 cm³/mol. The Morgan fingerprint density at radius 3 is 2.63 bits per heavy atom. The van der Waals surface area contributed by atoms with Gasteiger partial charge in [-0.3, -0.25) is 4.79 Å². The molecule has 1 fully saturated rings. The van der Waals surface area contributed by atoms with E-state index in [0.717, 1.165) is 25.0 Å². The zero-order valence-corrected chi connectivity index (χ0v) is 10.2. The number of carbonyl (C=O) groups excluding carboxylic acids is 1. The van der Waals surface area contributed by atoms with Gasteiger partial charge >= 0.3 is 6.18 Å². The molecule has 1 N–H and O–H groups in total. The van der Waals surface area contributed by atoms with Gasteiger partial charge in [-0.2, -0.15) is 13.2 Å². The van der Waals surface area contributed by atoms with Crippen molar-refractivity contribution in [3.05, 3.63) is 35.1 Å². The summed E-state index contributed by atoms with van der Waals surface area (Å²) < 4.78 is 51.2. The molecule has 1 saturated carbocycles. The van der Waals surface area contributed by atoms with E-state index in [4.69, 9.17) is 0 Å². The Balaban J connectivity index is 2.19. The molecule has 1 amide bonds. The first-order valence-electron chi connectivity index (χ1n) is 6.01. The first-order chi connectivity index (χ1) is 8.84. The lowest BCUT2D eigenvalue weighted by Gasteiger charge is -2.11. The lowest BCUT2D eigenvalue weighted by molar-refractivity contribution is -0.140. The van der Waals surface area contributed by atoms with Crippen LogP contribution in [-0.2, 0) is 6.18 Å². The minimum atomic E-state index is -4.80. The van der Waals surface area contributed by atoms with Gasteiger partial charge in [0.15, 0.2) is 0 Å². The van der Waals surface area contributed by atoms with E-state index in [2.05, 4.69) is 5.32 Å². The number of nitrogens with one attached hydrogen (secondary N) is 1. The van der Waals surface area contributed by atoms with Gasteiger partial charge in [-0.25, -0.2) is 4.39 Å². The molecule has 0 bridgehead atoms. The highest BCUT2D eigenvalue weighted by Gasteiger charge is 2.39. The maximum absolute atomic E-state index is 13.7. The van der Waals surface area contributed by atoms with Crippen LogP contribution in [0, 0.1) is 11.7 Å². The largest absolute Gasteiger partial charge is 0.419 e. The van der Waals surface area contributed by atoms with Crippen molar-refractivity contribution in [2.45, 2.75) is 32.0 Å². The molecule has 1 aliphatic carbocycles. The van der Waals surface area contributed by atoms with Crippen LogP contribution in [0.4, 0.5) is 17.6 Å². The molecule has 0 heterocycles. The van der Waals surface area contributed by atoms with E-state index in [0.29, 0.717) is 12.0 Å². The summed E-state index contributed by atoms with van der Waals surface area (Å²) >= 11 is 0. The Kier molecular flexibility index (Phi) is 3.52. The van der Waals surface area contributed by atoms with Crippen molar-refractivity contribution in [1.29, 1.82) is 0 Å². The summed E-state index contributed by atoms with van der Waals surface area (Å²) in [5.41, 5.74) is -1.97. The monoisotopic (exact) mass is 275 g/mol. The third kappa shape index (κ3) is 2.88. The number of rotatable bonds is 3. The highest BCUT2D eigenvalue weighted by molar-refractivity contribution is 5.95. The fourth-order valence-corrected chi connectivity index (χ4v) is 2.05. The summed E-state index contributed by atoms with van der Waals surface area (Å²) in [7, 11) is 0. The van der Waals surface area contributed by atoms with Crippen LogP contribution >= 0.6 is 0 Å². The van der Waals surface area contributed by atoms with Crippen molar-refractivity contribution in [2.24, 2.45) is 5.92 Å². The van der Waals surface area contributed by atoms with Crippen molar-refractivity contribution < 1.29 is 22.4 Å². The Morgan fingerprint density at radius 1 is 1.42 bits per heavy atom. The molecule has 2 nitrogen and oxygen atoms in total. The zero-order chi connectivity index (χ0) is 14.2.